The van der Waals surface area contributed by atoms with E-state index in [1.807, 2.05) is 42.5 Å². The van der Waals surface area contributed by atoms with Crippen molar-refractivity contribution >= 4 is 17.6 Å². The van der Waals surface area contributed by atoms with Crippen LogP contribution < -0.4 is 10.4 Å². The first-order valence-corrected chi connectivity index (χ1v) is 10.5. The Balaban J connectivity index is 1.44. The van der Waals surface area contributed by atoms with Gasteiger partial charge in [0.25, 0.3) is 0 Å². The van der Waals surface area contributed by atoms with Crippen LogP contribution in [-0.2, 0) is 11.3 Å². The molecule has 2 unspecified atom stereocenters. The second-order valence-electron chi connectivity index (χ2n) is 7.53. The van der Waals surface area contributed by atoms with Crippen LogP contribution in [0.5, 0.6) is 0 Å². The van der Waals surface area contributed by atoms with E-state index in [1.54, 1.807) is 18.2 Å². The molecule has 0 aromatic heterocycles. The van der Waals surface area contributed by atoms with Crippen LogP contribution in [0.3, 0.4) is 0 Å². The maximum atomic E-state index is 11.4. The Bertz CT molecular complexity index is 1000. The molecule has 3 aromatic rings. The first-order chi connectivity index (χ1) is 14.6. The van der Waals surface area contributed by atoms with Crippen molar-refractivity contribution in [3.63, 3.8) is 0 Å². The lowest BCUT2D eigenvalue weighted by Gasteiger charge is -2.32. The number of halogens is 1. The highest BCUT2D eigenvalue weighted by atomic mass is 35.5. The van der Waals surface area contributed by atoms with E-state index in [-0.39, 0.29) is 11.7 Å². The van der Waals surface area contributed by atoms with Crippen LogP contribution in [0.15, 0.2) is 72.8 Å². The molecule has 1 N–H and O–H groups in total. The molecule has 4 rings (SSSR count). The van der Waals surface area contributed by atoms with Gasteiger partial charge in [-0.25, -0.2) is 0 Å². The number of ether oxygens (including phenoxy) is 1. The van der Waals surface area contributed by atoms with Crippen molar-refractivity contribution in [2.45, 2.75) is 25.0 Å². The first kappa shape index (κ1) is 20.6. The Morgan fingerprint density at radius 3 is 2.50 bits per heavy atom. The number of nitrogens with one attached hydrogen (secondary N) is 1. The third-order valence-corrected chi connectivity index (χ3v) is 5.85. The molecule has 1 heterocycles. The van der Waals surface area contributed by atoms with Crippen LogP contribution in [0.2, 0.25) is 5.02 Å². The van der Waals surface area contributed by atoms with Crippen LogP contribution in [0, 0.1) is 0 Å². The molecule has 30 heavy (non-hydrogen) atoms. The minimum atomic E-state index is -1.17. The highest BCUT2D eigenvalue weighted by Gasteiger charge is 2.27. The van der Waals surface area contributed by atoms with E-state index in [4.69, 9.17) is 16.3 Å². The predicted octanol–water partition coefficient (Wildman–Crippen LogP) is 4.03. The molecular weight excluding hydrogens is 398 g/mol. The molecule has 1 aliphatic heterocycles. The molecule has 0 amide bonds. The molecule has 0 aliphatic carbocycles. The van der Waals surface area contributed by atoms with Gasteiger partial charge in [-0.15, -0.1) is 0 Å². The lowest BCUT2D eigenvalue weighted by atomic mass is 9.88. The predicted molar refractivity (Wildman–Crippen MR) is 116 cm³/mol. The highest BCUT2D eigenvalue weighted by Crippen LogP contribution is 2.30. The molecule has 0 radical (unpaired) electrons. The summed E-state index contributed by atoms with van der Waals surface area (Å²) in [6.07, 6.45) is 1.10. The van der Waals surface area contributed by atoms with Gasteiger partial charge in [0, 0.05) is 23.0 Å². The Morgan fingerprint density at radius 1 is 1.03 bits per heavy atom. The van der Waals surface area contributed by atoms with Crippen LogP contribution in [-0.4, -0.2) is 25.2 Å². The number of carboxylic acid groups (broad SMARTS) is 1. The molecule has 1 aliphatic rings. The molecule has 154 valence electrons. The lowest BCUT2D eigenvalue weighted by Crippen LogP contribution is -2.40. The number of carbonyl (C=O) groups excluding carboxylic acids is 1. The Morgan fingerprint density at radius 2 is 1.77 bits per heavy atom. The van der Waals surface area contributed by atoms with Gasteiger partial charge < -0.3 is 20.0 Å². The van der Waals surface area contributed by atoms with Crippen molar-refractivity contribution in [3.8, 4) is 11.1 Å². The quantitative estimate of drug-likeness (QED) is 0.654. The summed E-state index contributed by atoms with van der Waals surface area (Å²) in [6, 6.07) is 22.7. The zero-order valence-electron chi connectivity index (χ0n) is 16.5. The molecular formula is C25H23ClNO3-. The van der Waals surface area contributed by atoms with Crippen molar-refractivity contribution < 1.29 is 14.6 Å². The minimum absolute atomic E-state index is 0.0819. The van der Waals surface area contributed by atoms with E-state index in [0.717, 1.165) is 35.7 Å². The third-order valence-electron chi connectivity index (χ3n) is 5.60. The van der Waals surface area contributed by atoms with Gasteiger partial charge in [-0.2, -0.15) is 0 Å². The molecule has 0 saturated carbocycles. The zero-order chi connectivity index (χ0) is 20.9. The Labute approximate surface area is 181 Å². The van der Waals surface area contributed by atoms with Crippen molar-refractivity contribution in [1.29, 1.82) is 0 Å². The number of hydrogen-bond donors (Lipinski definition) is 1. The maximum Gasteiger partial charge on any atom is 0.0772 e. The van der Waals surface area contributed by atoms with Crippen molar-refractivity contribution in [2.24, 2.45) is 0 Å². The SMILES string of the molecule is O=C([O-])c1ccccc1-c1ccc(COC2CNCCC2c2ccc(Cl)cc2)cc1. The largest absolute Gasteiger partial charge is 0.545 e. The van der Waals surface area contributed by atoms with E-state index in [0.29, 0.717) is 18.1 Å². The fraction of sp³-hybridized carbons (Fsp3) is 0.240. The smallest absolute Gasteiger partial charge is 0.0772 e. The van der Waals surface area contributed by atoms with Gasteiger partial charge in [0.2, 0.25) is 0 Å². The normalized spacial score (nSPS) is 18.8. The second kappa shape index (κ2) is 9.43. The van der Waals surface area contributed by atoms with E-state index < -0.39 is 5.97 Å². The number of aromatic carboxylic acids is 1. The van der Waals surface area contributed by atoms with Crippen LogP contribution in [0.25, 0.3) is 11.1 Å². The van der Waals surface area contributed by atoms with Crippen molar-refractivity contribution in [3.05, 3.63) is 94.5 Å². The van der Waals surface area contributed by atoms with Gasteiger partial charge in [-0.1, -0.05) is 72.3 Å². The summed E-state index contributed by atoms with van der Waals surface area (Å²) in [5.74, 6) is -0.839. The summed E-state index contributed by atoms with van der Waals surface area (Å²) in [7, 11) is 0. The van der Waals surface area contributed by atoms with Gasteiger partial charge in [0.15, 0.2) is 0 Å². The average molecular weight is 421 g/mol. The molecule has 3 aromatic carbocycles. The van der Waals surface area contributed by atoms with Gasteiger partial charge in [-0.05, 0) is 47.4 Å². The van der Waals surface area contributed by atoms with E-state index in [9.17, 15) is 9.90 Å². The summed E-state index contributed by atoms with van der Waals surface area (Å²) in [6.45, 7) is 2.28. The highest BCUT2D eigenvalue weighted by molar-refractivity contribution is 6.30. The lowest BCUT2D eigenvalue weighted by molar-refractivity contribution is -0.254. The molecule has 0 spiro atoms. The monoisotopic (exact) mass is 420 g/mol. The van der Waals surface area contributed by atoms with Crippen LogP contribution in [0.1, 0.15) is 33.8 Å². The molecule has 5 heteroatoms. The van der Waals surface area contributed by atoms with Gasteiger partial charge in [-0.3, -0.25) is 0 Å². The summed E-state index contributed by atoms with van der Waals surface area (Å²) in [5, 5.41) is 15.5. The first-order valence-electron chi connectivity index (χ1n) is 10.1. The average Bonchev–Trinajstić information content (AvgIpc) is 2.79. The number of piperidine rings is 1. The van der Waals surface area contributed by atoms with E-state index in [1.165, 1.54) is 5.56 Å². The fourth-order valence-corrected chi connectivity index (χ4v) is 4.12. The van der Waals surface area contributed by atoms with Crippen molar-refractivity contribution in [1.82, 2.24) is 5.32 Å². The standard InChI is InChI=1S/C25H24ClNO3/c26-20-11-9-19(10-12-20)22-13-14-27-15-24(22)30-16-17-5-7-18(8-6-17)21-3-1-2-4-23(21)25(28)29/h1-12,22,24,27H,13-16H2,(H,28,29)/p-1. The van der Waals surface area contributed by atoms with E-state index in [2.05, 4.69) is 17.4 Å². The fourth-order valence-electron chi connectivity index (χ4n) is 3.99. The zero-order valence-corrected chi connectivity index (χ0v) is 17.3. The topological polar surface area (TPSA) is 61.4 Å². The maximum absolute atomic E-state index is 11.4. The van der Waals surface area contributed by atoms with Gasteiger partial charge in [0.1, 0.15) is 0 Å². The Kier molecular flexibility index (Phi) is 6.48. The summed E-state index contributed by atoms with van der Waals surface area (Å²) >= 11 is 6.03. The van der Waals surface area contributed by atoms with Crippen LogP contribution >= 0.6 is 11.6 Å². The van der Waals surface area contributed by atoms with Gasteiger partial charge >= 0.3 is 0 Å². The summed E-state index contributed by atoms with van der Waals surface area (Å²) in [5.41, 5.74) is 3.99. The number of carbonyl (C=O) groups is 1. The molecule has 4 nitrogen and oxygen atoms in total. The number of rotatable bonds is 6. The summed E-state index contributed by atoms with van der Waals surface area (Å²) < 4.78 is 6.27. The summed E-state index contributed by atoms with van der Waals surface area (Å²) in [4.78, 5) is 11.4. The molecule has 2 atom stereocenters. The molecule has 1 saturated heterocycles. The van der Waals surface area contributed by atoms with Crippen molar-refractivity contribution in [2.75, 3.05) is 13.1 Å². The second-order valence-corrected chi connectivity index (χ2v) is 7.97. The van der Waals surface area contributed by atoms with Crippen LogP contribution in [0.4, 0.5) is 0 Å². The Hall–Kier alpha value is -2.66. The minimum Gasteiger partial charge on any atom is -0.545 e. The number of benzene rings is 3. The van der Waals surface area contributed by atoms with E-state index >= 15 is 0 Å². The number of carboxylic acids is 1. The molecule has 0 bridgehead atoms. The number of hydrogen-bond acceptors (Lipinski definition) is 4. The third kappa shape index (κ3) is 4.73. The molecule has 1 fully saturated rings. The van der Waals surface area contributed by atoms with Gasteiger partial charge in [0.05, 0.1) is 18.7 Å².